The van der Waals surface area contributed by atoms with Gasteiger partial charge in [0.2, 0.25) is 5.91 Å². The first-order valence-electron chi connectivity index (χ1n) is 10.1. The van der Waals surface area contributed by atoms with Crippen molar-refractivity contribution in [2.75, 3.05) is 11.1 Å². The highest BCUT2D eigenvalue weighted by molar-refractivity contribution is 7.99. The molecule has 0 aliphatic carbocycles. The number of nitrogens with one attached hydrogen (secondary N) is 1. The standard InChI is InChI=1S/C24H22FN3O2S2/c1-4-28-23(30)22-21(18(12-31-22)16-7-5-14(2)6-8-16)27-24(28)32-13-20(29)26-19-10-9-17(25)11-15(19)3/h5-12H,4,13H2,1-3H3,(H,26,29). The van der Waals surface area contributed by atoms with E-state index in [-0.39, 0.29) is 23.0 Å². The Kier molecular flexibility index (Phi) is 6.43. The predicted molar refractivity (Wildman–Crippen MR) is 130 cm³/mol. The molecule has 1 N–H and O–H groups in total. The Labute approximate surface area is 193 Å². The smallest absolute Gasteiger partial charge is 0.272 e. The van der Waals surface area contributed by atoms with Crippen molar-refractivity contribution in [1.29, 1.82) is 0 Å². The molecule has 0 aliphatic heterocycles. The largest absolute Gasteiger partial charge is 0.325 e. The molecule has 0 saturated heterocycles. The van der Waals surface area contributed by atoms with Crippen molar-refractivity contribution in [3.05, 3.63) is 75.1 Å². The second-order valence-electron chi connectivity index (χ2n) is 7.43. The number of aryl methyl sites for hydroxylation is 2. The Bertz CT molecular complexity index is 1360. The molecule has 2 heterocycles. The van der Waals surface area contributed by atoms with E-state index in [1.807, 2.05) is 43.5 Å². The molecular weight excluding hydrogens is 445 g/mol. The lowest BCUT2D eigenvalue weighted by Crippen LogP contribution is -2.23. The molecule has 5 nitrogen and oxygen atoms in total. The Hall–Kier alpha value is -2.97. The fourth-order valence-electron chi connectivity index (χ4n) is 3.39. The lowest BCUT2D eigenvalue weighted by atomic mass is 10.1. The fourth-order valence-corrected chi connectivity index (χ4v) is 5.21. The monoisotopic (exact) mass is 467 g/mol. The molecule has 8 heteroatoms. The fraction of sp³-hybridized carbons (Fsp3) is 0.208. The minimum Gasteiger partial charge on any atom is -0.325 e. The SMILES string of the molecule is CCn1c(SCC(=O)Nc2ccc(F)cc2C)nc2c(-c3ccc(C)cc3)csc2c1=O. The molecule has 4 rings (SSSR count). The number of carbonyl (C=O) groups excluding carboxylic acids is 1. The van der Waals surface area contributed by atoms with Gasteiger partial charge in [-0.15, -0.1) is 11.3 Å². The van der Waals surface area contributed by atoms with Gasteiger partial charge < -0.3 is 5.32 Å². The highest BCUT2D eigenvalue weighted by atomic mass is 32.2. The lowest BCUT2D eigenvalue weighted by molar-refractivity contribution is -0.113. The number of halogens is 1. The molecular formula is C24H22FN3O2S2. The summed E-state index contributed by atoms with van der Waals surface area (Å²) in [7, 11) is 0. The highest BCUT2D eigenvalue weighted by Gasteiger charge is 2.17. The second kappa shape index (κ2) is 9.26. The number of benzene rings is 2. The average molecular weight is 468 g/mol. The van der Waals surface area contributed by atoms with E-state index in [0.29, 0.717) is 33.2 Å². The average Bonchev–Trinajstić information content (AvgIpc) is 3.19. The van der Waals surface area contributed by atoms with Gasteiger partial charge in [0.25, 0.3) is 5.56 Å². The van der Waals surface area contributed by atoms with Gasteiger partial charge >= 0.3 is 0 Å². The van der Waals surface area contributed by atoms with Crippen LogP contribution in [0.25, 0.3) is 21.3 Å². The summed E-state index contributed by atoms with van der Waals surface area (Å²) in [5.41, 5.74) is 4.85. The van der Waals surface area contributed by atoms with Crippen molar-refractivity contribution in [3.8, 4) is 11.1 Å². The number of rotatable bonds is 6. The Balaban J connectivity index is 1.62. The molecule has 2 aromatic heterocycles. The van der Waals surface area contributed by atoms with Gasteiger partial charge in [0.15, 0.2) is 5.16 Å². The summed E-state index contributed by atoms with van der Waals surface area (Å²) in [6, 6.07) is 12.3. The van der Waals surface area contributed by atoms with E-state index in [0.717, 1.165) is 16.7 Å². The van der Waals surface area contributed by atoms with Gasteiger partial charge in [0, 0.05) is 23.2 Å². The molecule has 0 fully saturated rings. The molecule has 0 atom stereocenters. The molecule has 0 aliphatic rings. The molecule has 32 heavy (non-hydrogen) atoms. The van der Waals surface area contributed by atoms with Crippen LogP contribution in [-0.4, -0.2) is 21.2 Å². The van der Waals surface area contributed by atoms with Crippen LogP contribution in [0.5, 0.6) is 0 Å². The Morgan fingerprint density at radius 3 is 2.62 bits per heavy atom. The minimum absolute atomic E-state index is 0.0821. The predicted octanol–water partition coefficient (Wildman–Crippen LogP) is 5.63. The van der Waals surface area contributed by atoms with Crippen molar-refractivity contribution >= 4 is 44.9 Å². The van der Waals surface area contributed by atoms with E-state index in [2.05, 4.69) is 5.32 Å². The molecule has 164 valence electrons. The van der Waals surface area contributed by atoms with Crippen molar-refractivity contribution in [2.45, 2.75) is 32.5 Å². The maximum Gasteiger partial charge on any atom is 0.272 e. The van der Waals surface area contributed by atoms with E-state index < -0.39 is 0 Å². The summed E-state index contributed by atoms with van der Waals surface area (Å²) < 4.78 is 15.5. The molecule has 0 bridgehead atoms. The number of thioether (sulfide) groups is 1. The van der Waals surface area contributed by atoms with Crippen molar-refractivity contribution in [2.24, 2.45) is 0 Å². The van der Waals surface area contributed by atoms with Crippen LogP contribution in [0.15, 0.2) is 57.8 Å². The van der Waals surface area contributed by atoms with Gasteiger partial charge in [0.1, 0.15) is 10.5 Å². The van der Waals surface area contributed by atoms with Gasteiger partial charge in [-0.05, 0) is 50.1 Å². The van der Waals surface area contributed by atoms with Crippen LogP contribution in [0.3, 0.4) is 0 Å². The molecule has 4 aromatic rings. The number of nitrogens with zero attached hydrogens (tertiary/aromatic N) is 2. The Morgan fingerprint density at radius 2 is 1.94 bits per heavy atom. The molecule has 2 aromatic carbocycles. The van der Waals surface area contributed by atoms with E-state index in [4.69, 9.17) is 4.98 Å². The summed E-state index contributed by atoms with van der Waals surface area (Å²) >= 11 is 2.61. The Morgan fingerprint density at radius 1 is 1.19 bits per heavy atom. The number of fused-ring (bicyclic) bond motifs is 1. The van der Waals surface area contributed by atoms with Crippen LogP contribution >= 0.6 is 23.1 Å². The molecule has 0 saturated carbocycles. The maximum atomic E-state index is 13.3. The van der Waals surface area contributed by atoms with Crippen LogP contribution in [-0.2, 0) is 11.3 Å². The number of amides is 1. The maximum absolute atomic E-state index is 13.3. The number of hydrogen-bond donors (Lipinski definition) is 1. The van der Waals surface area contributed by atoms with Gasteiger partial charge in [-0.3, -0.25) is 14.2 Å². The zero-order valence-electron chi connectivity index (χ0n) is 17.9. The third-order valence-corrected chi connectivity index (χ3v) is 7.05. The molecule has 0 unspecified atom stereocenters. The van der Waals surface area contributed by atoms with Gasteiger partial charge in [-0.1, -0.05) is 41.6 Å². The highest BCUT2D eigenvalue weighted by Crippen LogP contribution is 2.32. The summed E-state index contributed by atoms with van der Waals surface area (Å²) in [5, 5.41) is 5.26. The third kappa shape index (κ3) is 4.47. The third-order valence-electron chi connectivity index (χ3n) is 5.12. The van der Waals surface area contributed by atoms with E-state index in [1.54, 1.807) is 17.6 Å². The zero-order valence-corrected chi connectivity index (χ0v) is 19.6. The van der Waals surface area contributed by atoms with Gasteiger partial charge in [-0.25, -0.2) is 9.37 Å². The number of carbonyl (C=O) groups is 1. The van der Waals surface area contributed by atoms with Crippen molar-refractivity contribution in [3.63, 3.8) is 0 Å². The second-order valence-corrected chi connectivity index (χ2v) is 9.26. The van der Waals surface area contributed by atoms with Gasteiger partial charge in [-0.2, -0.15) is 0 Å². The van der Waals surface area contributed by atoms with Crippen LogP contribution in [0.1, 0.15) is 18.1 Å². The molecule has 1 amide bonds. The number of aromatic nitrogens is 2. The summed E-state index contributed by atoms with van der Waals surface area (Å²) in [4.78, 5) is 30.4. The first-order chi connectivity index (χ1) is 15.4. The topological polar surface area (TPSA) is 64.0 Å². The number of anilines is 1. The van der Waals surface area contributed by atoms with E-state index in [1.165, 1.54) is 35.2 Å². The normalized spacial score (nSPS) is 11.1. The van der Waals surface area contributed by atoms with E-state index >= 15 is 0 Å². The van der Waals surface area contributed by atoms with Crippen LogP contribution in [0, 0.1) is 19.7 Å². The van der Waals surface area contributed by atoms with Crippen LogP contribution < -0.4 is 10.9 Å². The summed E-state index contributed by atoms with van der Waals surface area (Å²) in [6.07, 6.45) is 0. The van der Waals surface area contributed by atoms with E-state index in [9.17, 15) is 14.0 Å². The van der Waals surface area contributed by atoms with Crippen molar-refractivity contribution in [1.82, 2.24) is 9.55 Å². The molecule has 0 radical (unpaired) electrons. The van der Waals surface area contributed by atoms with Gasteiger partial charge in [0.05, 0.1) is 11.3 Å². The first kappa shape index (κ1) is 22.2. The van der Waals surface area contributed by atoms with Crippen LogP contribution in [0.4, 0.5) is 10.1 Å². The number of hydrogen-bond acceptors (Lipinski definition) is 5. The summed E-state index contributed by atoms with van der Waals surface area (Å²) in [6.45, 7) is 6.11. The lowest BCUT2D eigenvalue weighted by Gasteiger charge is -2.11. The van der Waals surface area contributed by atoms with Crippen molar-refractivity contribution < 1.29 is 9.18 Å². The molecule has 0 spiro atoms. The number of thiophene rings is 1. The quantitative estimate of drug-likeness (QED) is 0.295. The van der Waals surface area contributed by atoms with Crippen LogP contribution in [0.2, 0.25) is 0 Å². The summed E-state index contributed by atoms with van der Waals surface area (Å²) in [5.74, 6) is -0.510. The zero-order chi connectivity index (χ0) is 22.8. The minimum atomic E-state index is -0.348. The first-order valence-corrected chi connectivity index (χ1v) is 12.0.